The Hall–Kier alpha value is -3.27. The Bertz CT molecular complexity index is 1520. The molecular formula is C23H21N5O4. The Balaban J connectivity index is 1.77. The largest absolute Gasteiger partial charge is 0.375 e. The molecule has 2 amide bonds. The summed E-state index contributed by atoms with van der Waals surface area (Å²) in [6.45, 7) is 2.00. The Morgan fingerprint density at radius 2 is 2.00 bits per heavy atom. The minimum Gasteiger partial charge on any atom is -0.375 e. The molecule has 9 heteroatoms. The van der Waals surface area contributed by atoms with Crippen LogP contribution in [0.1, 0.15) is 40.3 Å². The third kappa shape index (κ3) is 1.85. The maximum absolute atomic E-state index is 12.9. The number of hydrogen-bond acceptors (Lipinski definition) is 6. The Labute approximate surface area is 182 Å². The summed E-state index contributed by atoms with van der Waals surface area (Å²) in [4.78, 5) is 30.4. The van der Waals surface area contributed by atoms with Crippen LogP contribution in [-0.2, 0) is 15.2 Å². The number of imidazole rings is 1. The molecule has 2 aromatic carbocycles. The van der Waals surface area contributed by atoms with Crippen molar-refractivity contribution in [2.45, 2.75) is 37.4 Å². The fourth-order valence-electron chi connectivity index (χ4n) is 6.17. The molecule has 32 heavy (non-hydrogen) atoms. The van der Waals surface area contributed by atoms with Crippen LogP contribution in [-0.4, -0.2) is 52.2 Å². The lowest BCUT2D eigenvalue weighted by Gasteiger charge is -2.47. The van der Waals surface area contributed by atoms with Crippen molar-refractivity contribution >= 4 is 44.7 Å². The molecule has 0 radical (unpaired) electrons. The molecule has 0 spiro atoms. The smallest absolute Gasteiger partial charge is 0.261 e. The summed E-state index contributed by atoms with van der Waals surface area (Å²) in [6, 6.07) is 7.97. The standard InChI is InChI=1S/C23H21N5O4/c1-23-20(31-3)11(24-2)8-13(32-23)28-12-7-5-4-6-10(12)14-15-16(22(30)26-21(15)29)17-19(18(14)28)27(23)9-25-17/h4-7,9,11,13,20,24H,8H2,1-3H3,(H,26,29,30). The van der Waals surface area contributed by atoms with Crippen LogP contribution < -0.4 is 10.6 Å². The lowest BCUT2D eigenvalue weighted by molar-refractivity contribution is -0.257. The number of aromatic nitrogens is 3. The van der Waals surface area contributed by atoms with Gasteiger partial charge in [-0.1, -0.05) is 18.2 Å². The van der Waals surface area contributed by atoms with E-state index in [4.69, 9.17) is 9.47 Å². The van der Waals surface area contributed by atoms with E-state index in [0.29, 0.717) is 23.1 Å². The van der Waals surface area contributed by atoms with E-state index in [1.807, 2.05) is 42.8 Å². The van der Waals surface area contributed by atoms with Crippen molar-refractivity contribution in [2.24, 2.45) is 0 Å². The number of likely N-dealkylation sites (N-methyl/N-ethyl adjacent to an activating group) is 1. The first-order chi connectivity index (χ1) is 15.5. The molecule has 3 aliphatic rings. The van der Waals surface area contributed by atoms with E-state index in [0.717, 1.165) is 27.3 Å². The zero-order valence-electron chi connectivity index (χ0n) is 17.8. The molecule has 7 rings (SSSR count). The maximum Gasteiger partial charge on any atom is 0.261 e. The van der Waals surface area contributed by atoms with Gasteiger partial charge in [0.25, 0.3) is 11.8 Å². The van der Waals surface area contributed by atoms with Gasteiger partial charge in [-0.25, -0.2) is 4.98 Å². The quantitative estimate of drug-likeness (QED) is 0.472. The van der Waals surface area contributed by atoms with E-state index in [2.05, 4.69) is 20.2 Å². The zero-order valence-corrected chi connectivity index (χ0v) is 17.8. The predicted molar refractivity (Wildman–Crippen MR) is 117 cm³/mol. The van der Waals surface area contributed by atoms with E-state index in [-0.39, 0.29) is 24.3 Å². The van der Waals surface area contributed by atoms with Gasteiger partial charge in [-0.05, 0) is 20.0 Å². The van der Waals surface area contributed by atoms with E-state index >= 15 is 0 Å². The van der Waals surface area contributed by atoms with Gasteiger partial charge in [0.05, 0.1) is 34.0 Å². The number of nitrogens with one attached hydrogen (secondary N) is 2. The Kier molecular flexibility index (Phi) is 3.29. The highest BCUT2D eigenvalue weighted by atomic mass is 16.6. The number of benzene rings is 2. The molecule has 162 valence electrons. The summed E-state index contributed by atoms with van der Waals surface area (Å²) >= 11 is 0. The number of carbonyl (C=O) groups is 2. The minimum absolute atomic E-state index is 0.0171. The summed E-state index contributed by atoms with van der Waals surface area (Å²) in [5.74, 6) is -0.796. The maximum atomic E-state index is 12.9. The van der Waals surface area contributed by atoms with E-state index in [1.165, 1.54) is 0 Å². The van der Waals surface area contributed by atoms with Crippen LogP contribution >= 0.6 is 0 Å². The minimum atomic E-state index is -0.875. The van der Waals surface area contributed by atoms with Crippen molar-refractivity contribution in [2.75, 3.05) is 14.2 Å². The lowest BCUT2D eigenvalue weighted by Crippen LogP contribution is -2.59. The van der Waals surface area contributed by atoms with Gasteiger partial charge in [0.1, 0.15) is 17.8 Å². The van der Waals surface area contributed by atoms with Gasteiger partial charge in [0, 0.05) is 30.3 Å². The van der Waals surface area contributed by atoms with Gasteiger partial charge >= 0.3 is 0 Å². The van der Waals surface area contributed by atoms with Crippen molar-refractivity contribution in [1.29, 1.82) is 0 Å². The number of ether oxygens (including phenoxy) is 2. The van der Waals surface area contributed by atoms with Crippen LogP contribution in [0.3, 0.4) is 0 Å². The summed E-state index contributed by atoms with van der Waals surface area (Å²) in [5, 5.41) is 7.56. The number of hydrogen-bond donors (Lipinski definition) is 2. The highest BCUT2D eigenvalue weighted by Crippen LogP contribution is 2.50. The lowest BCUT2D eigenvalue weighted by atomic mass is 9.93. The first-order valence-electron chi connectivity index (χ1n) is 10.7. The van der Waals surface area contributed by atoms with Gasteiger partial charge in [-0.3, -0.25) is 19.5 Å². The Morgan fingerprint density at radius 3 is 2.78 bits per heavy atom. The summed E-state index contributed by atoms with van der Waals surface area (Å²) in [5.41, 5.74) is 2.96. The number of methoxy groups -OCH3 is 1. The molecule has 4 unspecified atom stereocenters. The average molecular weight is 431 g/mol. The number of amides is 2. The molecule has 2 bridgehead atoms. The van der Waals surface area contributed by atoms with Crippen molar-refractivity contribution in [3.8, 4) is 0 Å². The van der Waals surface area contributed by atoms with E-state index < -0.39 is 11.6 Å². The van der Waals surface area contributed by atoms with Gasteiger partial charge in [-0.2, -0.15) is 0 Å². The monoisotopic (exact) mass is 431 g/mol. The normalized spacial score (nSPS) is 28.7. The summed E-state index contributed by atoms with van der Waals surface area (Å²) in [6.07, 6.45) is 1.79. The molecule has 1 fully saturated rings. The van der Waals surface area contributed by atoms with Crippen LogP contribution in [0.2, 0.25) is 0 Å². The van der Waals surface area contributed by atoms with Gasteiger partial charge in [0.2, 0.25) is 0 Å². The number of fused-ring (bicyclic) bond motifs is 10. The van der Waals surface area contributed by atoms with Crippen LogP contribution in [0.4, 0.5) is 0 Å². The zero-order chi connectivity index (χ0) is 21.9. The highest BCUT2D eigenvalue weighted by Gasteiger charge is 2.52. The van der Waals surface area contributed by atoms with Gasteiger partial charge in [0.15, 0.2) is 5.72 Å². The predicted octanol–water partition coefficient (Wildman–Crippen LogP) is 2.24. The highest BCUT2D eigenvalue weighted by molar-refractivity contribution is 6.36. The third-order valence-electron chi connectivity index (χ3n) is 7.44. The molecule has 3 aliphatic heterocycles. The van der Waals surface area contributed by atoms with Crippen LogP contribution in [0.25, 0.3) is 32.8 Å². The molecule has 1 saturated heterocycles. The van der Waals surface area contributed by atoms with E-state index in [1.54, 1.807) is 13.4 Å². The Morgan fingerprint density at radius 1 is 1.22 bits per heavy atom. The van der Waals surface area contributed by atoms with Crippen LogP contribution in [0.5, 0.6) is 0 Å². The molecule has 0 saturated carbocycles. The second kappa shape index (κ2) is 5.74. The van der Waals surface area contributed by atoms with Crippen molar-refractivity contribution < 1.29 is 19.1 Å². The second-order valence-electron chi connectivity index (χ2n) is 8.87. The first kappa shape index (κ1) is 18.3. The fourth-order valence-corrected chi connectivity index (χ4v) is 6.17. The topological polar surface area (TPSA) is 99.4 Å². The molecule has 4 atom stereocenters. The van der Waals surface area contributed by atoms with Gasteiger partial charge in [-0.15, -0.1) is 0 Å². The fraction of sp³-hybridized carbons (Fsp3) is 0.348. The van der Waals surface area contributed by atoms with Crippen LogP contribution in [0, 0.1) is 0 Å². The number of rotatable bonds is 2. The SMILES string of the molecule is CNC1CC2OC(C)(C1OC)n1cnc3c4c(c5c6ccccc6n2c5c31)C(=O)NC4=O. The summed E-state index contributed by atoms with van der Waals surface area (Å²) in [7, 11) is 3.61. The van der Waals surface area contributed by atoms with Gasteiger partial charge < -0.3 is 19.4 Å². The molecule has 5 heterocycles. The average Bonchev–Trinajstić information content (AvgIpc) is 3.43. The van der Waals surface area contributed by atoms with Crippen LogP contribution in [0.15, 0.2) is 30.6 Å². The molecule has 2 aromatic heterocycles. The number of nitrogens with zero attached hydrogens (tertiary/aromatic N) is 3. The summed E-state index contributed by atoms with van der Waals surface area (Å²) < 4.78 is 16.9. The number of carbonyl (C=O) groups excluding carboxylic acids is 2. The molecular weight excluding hydrogens is 410 g/mol. The van der Waals surface area contributed by atoms with E-state index in [9.17, 15) is 9.59 Å². The second-order valence-corrected chi connectivity index (χ2v) is 8.87. The molecule has 4 aromatic rings. The molecule has 2 N–H and O–H groups in total. The molecule has 0 aliphatic carbocycles. The van der Waals surface area contributed by atoms with Crippen molar-refractivity contribution in [3.63, 3.8) is 0 Å². The van der Waals surface area contributed by atoms with Crippen molar-refractivity contribution in [1.82, 2.24) is 24.8 Å². The number of imide groups is 1. The number of para-hydroxylation sites is 1. The molecule has 9 nitrogen and oxygen atoms in total. The first-order valence-corrected chi connectivity index (χ1v) is 10.7. The van der Waals surface area contributed by atoms with Crippen molar-refractivity contribution in [3.05, 3.63) is 41.7 Å². The third-order valence-corrected chi connectivity index (χ3v) is 7.44.